The van der Waals surface area contributed by atoms with Crippen LogP contribution in [0.1, 0.15) is 35.2 Å². The largest absolute Gasteiger partial charge is 0.378 e. The van der Waals surface area contributed by atoms with E-state index in [1.165, 1.54) is 31.0 Å². The number of thioether (sulfide) groups is 1. The predicted molar refractivity (Wildman–Crippen MR) is 129 cm³/mol. The molecule has 0 unspecified atom stereocenters. The van der Waals surface area contributed by atoms with Gasteiger partial charge >= 0.3 is 0 Å². The summed E-state index contributed by atoms with van der Waals surface area (Å²) in [5.41, 5.74) is 1.79. The van der Waals surface area contributed by atoms with Crippen LogP contribution in [0.15, 0.2) is 35.5 Å². The van der Waals surface area contributed by atoms with Crippen molar-refractivity contribution in [3.05, 3.63) is 46.6 Å². The summed E-state index contributed by atoms with van der Waals surface area (Å²) in [6, 6.07) is 9.53. The van der Waals surface area contributed by atoms with E-state index in [4.69, 9.17) is 16.3 Å². The molecule has 0 saturated carbocycles. The van der Waals surface area contributed by atoms with Crippen LogP contribution < -0.4 is 10.2 Å². The summed E-state index contributed by atoms with van der Waals surface area (Å²) in [4.78, 5) is 26.0. The second-order valence-electron chi connectivity index (χ2n) is 8.07. The molecule has 7 nitrogen and oxygen atoms in total. The van der Waals surface area contributed by atoms with Crippen LogP contribution in [0, 0.1) is 0 Å². The monoisotopic (exact) mass is 475 g/mol. The molecule has 0 aliphatic carbocycles. The molecule has 2 aromatic rings. The highest BCUT2D eigenvalue weighted by atomic mass is 35.5. The van der Waals surface area contributed by atoms with Crippen LogP contribution >= 0.6 is 23.4 Å². The SMILES string of the molecule is O=C(NCCN1CCCCC1)c1ccc(CSc2nc(Cl)cc(N3CCOCC3)n2)cc1. The number of ether oxygens (including phenoxy) is 1. The normalized spacial score (nSPS) is 17.3. The smallest absolute Gasteiger partial charge is 0.251 e. The number of nitrogens with zero attached hydrogens (tertiary/aromatic N) is 4. The Labute approximate surface area is 198 Å². The number of rotatable bonds is 8. The van der Waals surface area contributed by atoms with Gasteiger partial charge in [-0.3, -0.25) is 4.79 Å². The minimum Gasteiger partial charge on any atom is -0.378 e. The third-order valence-corrected chi connectivity index (χ3v) is 6.85. The van der Waals surface area contributed by atoms with Crippen molar-refractivity contribution in [2.24, 2.45) is 0 Å². The molecule has 2 aliphatic rings. The quantitative estimate of drug-likeness (QED) is 0.356. The first-order chi connectivity index (χ1) is 15.7. The molecule has 32 heavy (non-hydrogen) atoms. The fourth-order valence-corrected chi connectivity index (χ4v) is 4.95. The minimum atomic E-state index is -0.0189. The Morgan fingerprint density at radius 1 is 1.06 bits per heavy atom. The van der Waals surface area contributed by atoms with E-state index in [1.807, 2.05) is 24.3 Å². The first-order valence-electron chi connectivity index (χ1n) is 11.3. The summed E-state index contributed by atoms with van der Waals surface area (Å²) in [6.45, 7) is 6.90. The maximum absolute atomic E-state index is 12.4. The van der Waals surface area contributed by atoms with Gasteiger partial charge in [0.15, 0.2) is 5.16 Å². The maximum Gasteiger partial charge on any atom is 0.251 e. The van der Waals surface area contributed by atoms with Gasteiger partial charge in [-0.1, -0.05) is 41.9 Å². The Kier molecular flexibility index (Phi) is 8.62. The van der Waals surface area contributed by atoms with Gasteiger partial charge in [-0.05, 0) is 43.6 Å². The van der Waals surface area contributed by atoms with Gasteiger partial charge in [0.1, 0.15) is 11.0 Å². The first-order valence-corrected chi connectivity index (χ1v) is 12.6. The number of carbonyl (C=O) groups is 1. The summed E-state index contributed by atoms with van der Waals surface area (Å²) >= 11 is 7.77. The van der Waals surface area contributed by atoms with Crippen molar-refractivity contribution in [2.45, 2.75) is 30.2 Å². The van der Waals surface area contributed by atoms with Crippen LogP contribution in [-0.2, 0) is 10.5 Å². The lowest BCUT2D eigenvalue weighted by atomic mass is 10.1. The van der Waals surface area contributed by atoms with Gasteiger partial charge in [0.05, 0.1) is 13.2 Å². The molecule has 2 aliphatic heterocycles. The standard InChI is InChI=1S/C23H30ClN5O2S/c24-20-16-21(29-12-14-31-15-13-29)27-23(26-20)32-17-18-4-6-19(7-5-18)22(30)25-8-11-28-9-2-1-3-10-28/h4-7,16H,1-3,8-15,17H2,(H,25,30). The highest BCUT2D eigenvalue weighted by Gasteiger charge is 2.15. The molecular weight excluding hydrogens is 446 g/mol. The van der Waals surface area contributed by atoms with E-state index in [-0.39, 0.29) is 5.91 Å². The molecule has 0 bridgehead atoms. The molecule has 2 saturated heterocycles. The van der Waals surface area contributed by atoms with E-state index < -0.39 is 0 Å². The van der Waals surface area contributed by atoms with E-state index in [1.54, 1.807) is 6.07 Å². The van der Waals surface area contributed by atoms with Crippen molar-refractivity contribution in [1.29, 1.82) is 0 Å². The number of nitrogens with one attached hydrogen (secondary N) is 1. The lowest BCUT2D eigenvalue weighted by Crippen LogP contribution is -2.37. The number of likely N-dealkylation sites (tertiary alicyclic amines) is 1. The molecule has 0 spiro atoms. The summed E-state index contributed by atoms with van der Waals surface area (Å²) in [5, 5.41) is 4.13. The summed E-state index contributed by atoms with van der Waals surface area (Å²) in [6.07, 6.45) is 3.86. The Bertz CT molecular complexity index is 886. The van der Waals surface area contributed by atoms with E-state index in [9.17, 15) is 4.79 Å². The Hall–Kier alpha value is -1.87. The number of morpholine rings is 1. The highest BCUT2D eigenvalue weighted by Crippen LogP contribution is 2.25. The number of carbonyl (C=O) groups excluding carboxylic acids is 1. The fourth-order valence-electron chi connectivity index (χ4n) is 3.92. The second kappa shape index (κ2) is 11.8. The summed E-state index contributed by atoms with van der Waals surface area (Å²) in [7, 11) is 0. The number of halogens is 1. The molecule has 1 amide bonds. The predicted octanol–water partition coefficient (Wildman–Crippen LogP) is 3.47. The molecule has 1 aromatic heterocycles. The van der Waals surface area contributed by atoms with Crippen LogP contribution in [0.25, 0.3) is 0 Å². The first kappa shape index (κ1) is 23.3. The van der Waals surface area contributed by atoms with Crippen LogP contribution in [-0.4, -0.2) is 73.3 Å². The molecule has 3 heterocycles. The van der Waals surface area contributed by atoms with Gasteiger partial charge in [-0.15, -0.1) is 0 Å². The van der Waals surface area contributed by atoms with Crippen LogP contribution in [0.5, 0.6) is 0 Å². The van der Waals surface area contributed by atoms with Crippen LogP contribution in [0.2, 0.25) is 5.15 Å². The van der Waals surface area contributed by atoms with Crippen molar-refractivity contribution in [3.8, 4) is 0 Å². The molecular formula is C23H30ClN5O2S. The highest BCUT2D eigenvalue weighted by molar-refractivity contribution is 7.98. The molecule has 2 fully saturated rings. The zero-order valence-electron chi connectivity index (χ0n) is 18.3. The zero-order valence-corrected chi connectivity index (χ0v) is 19.8. The zero-order chi connectivity index (χ0) is 22.2. The third-order valence-electron chi connectivity index (χ3n) is 5.74. The van der Waals surface area contributed by atoms with Gasteiger partial charge in [0, 0.05) is 43.6 Å². The molecule has 1 aromatic carbocycles. The Morgan fingerprint density at radius 2 is 1.81 bits per heavy atom. The van der Waals surface area contributed by atoms with Crippen molar-refractivity contribution < 1.29 is 9.53 Å². The van der Waals surface area contributed by atoms with Gasteiger partial charge in [0.25, 0.3) is 5.91 Å². The summed E-state index contributed by atoms with van der Waals surface area (Å²) in [5.74, 6) is 1.53. The molecule has 4 rings (SSSR count). The minimum absolute atomic E-state index is 0.0189. The molecule has 1 N–H and O–H groups in total. The van der Waals surface area contributed by atoms with E-state index in [0.29, 0.717) is 41.4 Å². The van der Waals surface area contributed by atoms with Gasteiger partial charge < -0.3 is 19.9 Å². The second-order valence-corrected chi connectivity index (χ2v) is 9.40. The topological polar surface area (TPSA) is 70.6 Å². The number of aromatic nitrogens is 2. The molecule has 0 radical (unpaired) electrons. The third kappa shape index (κ3) is 6.81. The number of piperidine rings is 1. The number of benzene rings is 1. The van der Waals surface area contributed by atoms with Crippen molar-refractivity contribution in [1.82, 2.24) is 20.2 Å². The van der Waals surface area contributed by atoms with E-state index in [2.05, 4.69) is 25.1 Å². The van der Waals surface area contributed by atoms with E-state index in [0.717, 1.165) is 44.1 Å². The number of amides is 1. The Morgan fingerprint density at radius 3 is 2.56 bits per heavy atom. The van der Waals surface area contributed by atoms with E-state index >= 15 is 0 Å². The number of hydrogen-bond donors (Lipinski definition) is 1. The number of hydrogen-bond acceptors (Lipinski definition) is 7. The van der Waals surface area contributed by atoms with Gasteiger partial charge in [-0.2, -0.15) is 0 Å². The van der Waals surface area contributed by atoms with Crippen molar-refractivity contribution in [3.63, 3.8) is 0 Å². The lowest BCUT2D eigenvalue weighted by molar-refractivity contribution is 0.0946. The molecule has 9 heteroatoms. The fraction of sp³-hybridized carbons (Fsp3) is 0.522. The molecule has 0 atom stereocenters. The lowest BCUT2D eigenvalue weighted by Gasteiger charge is -2.27. The molecule has 172 valence electrons. The summed E-state index contributed by atoms with van der Waals surface area (Å²) < 4.78 is 5.41. The van der Waals surface area contributed by atoms with Crippen LogP contribution in [0.3, 0.4) is 0 Å². The van der Waals surface area contributed by atoms with Crippen LogP contribution in [0.4, 0.5) is 5.82 Å². The van der Waals surface area contributed by atoms with Crippen molar-refractivity contribution in [2.75, 3.05) is 57.4 Å². The maximum atomic E-state index is 12.4. The van der Waals surface area contributed by atoms with Gasteiger partial charge in [-0.25, -0.2) is 9.97 Å². The number of anilines is 1. The Balaban J connectivity index is 1.26. The average Bonchev–Trinajstić information content (AvgIpc) is 2.84. The van der Waals surface area contributed by atoms with Gasteiger partial charge in [0.2, 0.25) is 0 Å². The van der Waals surface area contributed by atoms with Crippen molar-refractivity contribution >= 4 is 35.1 Å². The average molecular weight is 476 g/mol.